The summed E-state index contributed by atoms with van der Waals surface area (Å²) in [4.78, 5) is 4.26. The number of para-hydroxylation sites is 1. The van der Waals surface area contributed by atoms with Crippen LogP contribution >= 0.6 is 0 Å². The van der Waals surface area contributed by atoms with Crippen LogP contribution in [0.2, 0.25) is 0 Å². The van der Waals surface area contributed by atoms with Gasteiger partial charge < -0.3 is 10.5 Å². The molecule has 0 aliphatic carbocycles. The molecule has 0 amide bonds. The molecule has 0 saturated carbocycles. The summed E-state index contributed by atoms with van der Waals surface area (Å²) in [5.74, 6) is 0.0995. The number of hydrogen-bond donors (Lipinski definition) is 1. The third-order valence-corrected chi connectivity index (χ3v) is 3.26. The lowest BCUT2D eigenvalue weighted by Gasteiger charge is -2.26. The largest absolute Gasteiger partial charge is 0.477 e. The van der Waals surface area contributed by atoms with E-state index in [2.05, 4.69) is 4.98 Å². The molecule has 0 aliphatic heterocycles. The van der Waals surface area contributed by atoms with Gasteiger partial charge in [-0.05, 0) is 25.5 Å². The summed E-state index contributed by atoms with van der Waals surface area (Å²) in [7, 11) is 0. The van der Waals surface area contributed by atoms with Gasteiger partial charge in [0.2, 0.25) is 6.10 Å². The molecule has 2 unspecified atom stereocenters. The van der Waals surface area contributed by atoms with Gasteiger partial charge in [-0.3, -0.25) is 0 Å². The van der Waals surface area contributed by atoms with Crippen LogP contribution in [0.3, 0.4) is 0 Å². The molecule has 6 heteroatoms. The number of ether oxygens (including phenoxy) is 1. The van der Waals surface area contributed by atoms with E-state index in [-0.39, 0.29) is 12.2 Å². The molecule has 2 atom stereocenters. The predicted molar refractivity (Wildman–Crippen MR) is 75.2 cm³/mol. The number of aromatic nitrogens is 1. The van der Waals surface area contributed by atoms with Crippen LogP contribution in [0, 0.1) is 6.92 Å². The Morgan fingerprint density at radius 3 is 2.57 bits per heavy atom. The van der Waals surface area contributed by atoms with Crippen molar-refractivity contribution in [3.63, 3.8) is 0 Å². The normalized spacial score (nSPS) is 15.0. The first-order valence-corrected chi connectivity index (χ1v) is 6.68. The van der Waals surface area contributed by atoms with Crippen molar-refractivity contribution in [2.24, 2.45) is 5.73 Å². The molecule has 2 rings (SSSR count). The first-order chi connectivity index (χ1) is 9.82. The van der Waals surface area contributed by atoms with E-state index < -0.39 is 18.3 Å². The van der Waals surface area contributed by atoms with Gasteiger partial charge in [0.25, 0.3) is 0 Å². The van der Waals surface area contributed by atoms with Gasteiger partial charge in [0.1, 0.15) is 11.3 Å². The highest BCUT2D eigenvalue weighted by atomic mass is 19.4. The maximum Gasteiger partial charge on any atom is 0.426 e. The Bertz CT molecular complexity index is 628. The lowest BCUT2D eigenvalue weighted by atomic mass is 10.1. The Hall–Kier alpha value is -1.82. The SMILES string of the molecule is CCC(N)C(Oc1cccc2ccc(C)nc12)C(F)(F)F. The minimum absolute atomic E-state index is 0.0995. The van der Waals surface area contributed by atoms with Crippen molar-refractivity contribution in [3.05, 3.63) is 36.0 Å². The maximum absolute atomic E-state index is 13.1. The van der Waals surface area contributed by atoms with Gasteiger partial charge in [-0.15, -0.1) is 0 Å². The number of nitrogens with zero attached hydrogens (tertiary/aromatic N) is 1. The average Bonchev–Trinajstić information content (AvgIpc) is 2.42. The topological polar surface area (TPSA) is 48.1 Å². The lowest BCUT2D eigenvalue weighted by molar-refractivity contribution is -0.200. The molecule has 0 radical (unpaired) electrons. The maximum atomic E-state index is 13.1. The Balaban J connectivity index is 2.43. The summed E-state index contributed by atoms with van der Waals surface area (Å²) in [6.45, 7) is 3.37. The molecular formula is C15H17F3N2O. The minimum atomic E-state index is -4.53. The lowest BCUT2D eigenvalue weighted by Crippen LogP contribution is -2.48. The second-order valence-corrected chi connectivity index (χ2v) is 4.93. The van der Waals surface area contributed by atoms with E-state index in [9.17, 15) is 13.2 Å². The summed E-state index contributed by atoms with van der Waals surface area (Å²) in [6.07, 6.45) is -6.40. The zero-order valence-electron chi connectivity index (χ0n) is 11.8. The number of benzene rings is 1. The Kier molecular flexibility index (Phi) is 4.37. The molecule has 0 aliphatic rings. The summed E-state index contributed by atoms with van der Waals surface area (Å²) < 4.78 is 44.5. The van der Waals surface area contributed by atoms with Crippen LogP contribution in [0.25, 0.3) is 10.9 Å². The van der Waals surface area contributed by atoms with Crippen molar-refractivity contribution in [3.8, 4) is 5.75 Å². The van der Waals surface area contributed by atoms with E-state index >= 15 is 0 Å². The Labute approximate surface area is 120 Å². The molecule has 3 nitrogen and oxygen atoms in total. The highest BCUT2D eigenvalue weighted by Crippen LogP contribution is 2.31. The van der Waals surface area contributed by atoms with Gasteiger partial charge in [0.15, 0.2) is 0 Å². The highest BCUT2D eigenvalue weighted by Gasteiger charge is 2.45. The molecule has 0 saturated heterocycles. The summed E-state index contributed by atoms with van der Waals surface area (Å²) >= 11 is 0. The number of aryl methyl sites for hydroxylation is 1. The van der Waals surface area contributed by atoms with E-state index in [0.717, 1.165) is 5.39 Å². The fourth-order valence-corrected chi connectivity index (χ4v) is 2.06. The van der Waals surface area contributed by atoms with Gasteiger partial charge in [0.05, 0.1) is 6.04 Å². The molecular weight excluding hydrogens is 281 g/mol. The van der Waals surface area contributed by atoms with E-state index in [0.29, 0.717) is 11.2 Å². The van der Waals surface area contributed by atoms with E-state index in [4.69, 9.17) is 10.5 Å². The van der Waals surface area contributed by atoms with Crippen LogP contribution in [-0.4, -0.2) is 23.3 Å². The molecule has 0 spiro atoms. The van der Waals surface area contributed by atoms with Gasteiger partial charge in [0, 0.05) is 11.1 Å². The average molecular weight is 298 g/mol. The van der Waals surface area contributed by atoms with Gasteiger partial charge in [-0.1, -0.05) is 25.1 Å². The molecule has 0 fully saturated rings. The monoisotopic (exact) mass is 298 g/mol. The van der Waals surface area contributed by atoms with Crippen LogP contribution in [-0.2, 0) is 0 Å². The third-order valence-electron chi connectivity index (χ3n) is 3.26. The summed E-state index contributed by atoms with van der Waals surface area (Å²) in [5.41, 5.74) is 6.68. The van der Waals surface area contributed by atoms with Gasteiger partial charge >= 0.3 is 6.18 Å². The summed E-state index contributed by atoms with van der Waals surface area (Å²) in [5, 5.41) is 0.726. The van der Waals surface area contributed by atoms with Crippen molar-refractivity contribution in [1.82, 2.24) is 4.98 Å². The minimum Gasteiger partial charge on any atom is -0.477 e. The number of fused-ring (bicyclic) bond motifs is 1. The zero-order chi connectivity index (χ0) is 15.6. The van der Waals surface area contributed by atoms with E-state index in [1.165, 1.54) is 6.07 Å². The first-order valence-electron chi connectivity index (χ1n) is 6.68. The highest BCUT2D eigenvalue weighted by molar-refractivity contribution is 5.84. The van der Waals surface area contributed by atoms with Crippen LogP contribution in [0.1, 0.15) is 19.0 Å². The quantitative estimate of drug-likeness (QED) is 0.938. The standard InChI is InChI=1S/C15H17F3N2O/c1-3-11(19)14(15(16,17)18)21-12-6-4-5-10-8-7-9(2)20-13(10)12/h4-8,11,14H,3,19H2,1-2H3. The number of rotatable bonds is 4. The zero-order valence-corrected chi connectivity index (χ0v) is 11.8. The second-order valence-electron chi connectivity index (χ2n) is 4.93. The molecule has 114 valence electrons. The van der Waals surface area contributed by atoms with Crippen molar-refractivity contribution < 1.29 is 17.9 Å². The smallest absolute Gasteiger partial charge is 0.426 e. The number of hydrogen-bond acceptors (Lipinski definition) is 3. The molecule has 1 heterocycles. The van der Waals surface area contributed by atoms with Crippen LogP contribution in [0.4, 0.5) is 13.2 Å². The molecule has 0 bridgehead atoms. The fraction of sp³-hybridized carbons (Fsp3) is 0.400. The van der Waals surface area contributed by atoms with Crippen molar-refractivity contribution in [2.75, 3.05) is 0 Å². The molecule has 21 heavy (non-hydrogen) atoms. The van der Waals surface area contributed by atoms with E-state index in [1.54, 1.807) is 38.1 Å². The predicted octanol–water partition coefficient (Wildman–Crippen LogP) is 3.59. The number of nitrogens with two attached hydrogens (primary N) is 1. The van der Waals surface area contributed by atoms with Crippen LogP contribution in [0.15, 0.2) is 30.3 Å². The van der Waals surface area contributed by atoms with Gasteiger partial charge in [-0.25, -0.2) is 4.98 Å². The second kappa shape index (κ2) is 5.89. The number of halogens is 3. The fourth-order valence-electron chi connectivity index (χ4n) is 2.06. The van der Waals surface area contributed by atoms with Crippen LogP contribution in [0.5, 0.6) is 5.75 Å². The Morgan fingerprint density at radius 2 is 1.95 bits per heavy atom. The van der Waals surface area contributed by atoms with Crippen molar-refractivity contribution >= 4 is 10.9 Å². The number of alkyl halides is 3. The third kappa shape index (κ3) is 3.44. The molecule has 2 aromatic rings. The van der Waals surface area contributed by atoms with Crippen LogP contribution < -0.4 is 10.5 Å². The van der Waals surface area contributed by atoms with Crippen molar-refractivity contribution in [1.29, 1.82) is 0 Å². The first kappa shape index (κ1) is 15.6. The molecule has 1 aromatic heterocycles. The molecule has 2 N–H and O–H groups in total. The van der Waals surface area contributed by atoms with E-state index in [1.807, 2.05) is 0 Å². The van der Waals surface area contributed by atoms with Gasteiger partial charge in [-0.2, -0.15) is 13.2 Å². The Morgan fingerprint density at radius 1 is 1.24 bits per heavy atom. The summed E-state index contributed by atoms with van der Waals surface area (Å²) in [6, 6.07) is 7.37. The van der Waals surface area contributed by atoms with Crippen molar-refractivity contribution in [2.45, 2.75) is 38.6 Å². The number of pyridine rings is 1. The molecule has 1 aromatic carbocycles.